The van der Waals surface area contributed by atoms with Crippen molar-refractivity contribution in [2.24, 2.45) is 0 Å². The Kier molecular flexibility index (Phi) is 1.72. The molecule has 74 valence electrons. The van der Waals surface area contributed by atoms with Crippen molar-refractivity contribution in [2.75, 3.05) is 0 Å². The maximum atomic E-state index is 2.29. The summed E-state index contributed by atoms with van der Waals surface area (Å²) in [7, 11) is 0. The van der Waals surface area contributed by atoms with Gasteiger partial charge in [-0.05, 0) is 40.3 Å². The minimum atomic E-state index is 0.545. The van der Waals surface area contributed by atoms with Crippen LogP contribution in [0.25, 0.3) is 16.8 Å². The van der Waals surface area contributed by atoms with Crippen LogP contribution in [0.2, 0.25) is 0 Å². The van der Waals surface area contributed by atoms with Gasteiger partial charge in [-0.3, -0.25) is 0 Å². The molecule has 2 aromatic rings. The minimum absolute atomic E-state index is 0.545. The Morgan fingerprint density at radius 1 is 1.13 bits per heavy atom. The predicted octanol–water partition coefficient (Wildman–Crippen LogP) is 4.28. The lowest BCUT2D eigenvalue weighted by Crippen LogP contribution is -1.97. The molecule has 0 N–H and O–H groups in total. The Hall–Kier alpha value is -1.56. The summed E-state index contributed by atoms with van der Waals surface area (Å²) in [5.74, 6) is 0.545. The van der Waals surface area contributed by atoms with Crippen molar-refractivity contribution in [2.45, 2.75) is 19.8 Å². The van der Waals surface area contributed by atoms with Crippen molar-refractivity contribution in [3.05, 3.63) is 53.1 Å². The van der Waals surface area contributed by atoms with E-state index in [2.05, 4.69) is 56.3 Å². The van der Waals surface area contributed by atoms with E-state index in [1.807, 2.05) is 0 Å². The van der Waals surface area contributed by atoms with Gasteiger partial charge in [-0.1, -0.05) is 49.4 Å². The van der Waals surface area contributed by atoms with E-state index in [4.69, 9.17) is 0 Å². The zero-order valence-electron chi connectivity index (χ0n) is 9.12. The molecule has 15 heavy (non-hydrogen) atoms. The van der Waals surface area contributed by atoms with E-state index in [-0.39, 0.29) is 0 Å². The Labute approximate surface area is 90.2 Å². The smallest absolute Gasteiger partial charge is 0.0000732 e. The van der Waals surface area contributed by atoms with Gasteiger partial charge in [-0.2, -0.15) is 0 Å². The average molecular weight is 194 g/mol. The number of rotatable bonds is 0. The predicted molar refractivity (Wildman–Crippen MR) is 66.1 cm³/mol. The van der Waals surface area contributed by atoms with Gasteiger partial charge in [0.25, 0.3) is 0 Å². The van der Waals surface area contributed by atoms with Crippen LogP contribution in [0, 0.1) is 6.92 Å². The first-order valence-corrected chi connectivity index (χ1v) is 5.47. The maximum Gasteiger partial charge on any atom is -0.0000732 e. The second kappa shape index (κ2) is 2.96. The van der Waals surface area contributed by atoms with Gasteiger partial charge in [0.2, 0.25) is 0 Å². The van der Waals surface area contributed by atoms with E-state index >= 15 is 0 Å². The molecule has 0 radical (unpaired) electrons. The summed E-state index contributed by atoms with van der Waals surface area (Å²) in [5.41, 5.74) is 4.18. The van der Waals surface area contributed by atoms with Gasteiger partial charge in [0, 0.05) is 0 Å². The third-order valence-electron chi connectivity index (χ3n) is 3.24. The van der Waals surface area contributed by atoms with Crippen LogP contribution >= 0.6 is 0 Å². The SMILES string of the molecule is Cc1cc2c3c(cccc3c1)C(C)C=C2. The van der Waals surface area contributed by atoms with E-state index in [1.165, 1.54) is 27.5 Å². The molecule has 0 saturated carbocycles. The van der Waals surface area contributed by atoms with E-state index in [9.17, 15) is 0 Å². The molecule has 0 nitrogen and oxygen atoms in total. The number of benzene rings is 2. The molecular weight excluding hydrogens is 180 g/mol. The highest BCUT2D eigenvalue weighted by molar-refractivity contribution is 5.96. The van der Waals surface area contributed by atoms with Gasteiger partial charge in [-0.15, -0.1) is 0 Å². The monoisotopic (exact) mass is 194 g/mol. The molecule has 1 aliphatic rings. The molecular formula is C15H14. The van der Waals surface area contributed by atoms with Crippen molar-refractivity contribution in [1.82, 2.24) is 0 Å². The van der Waals surface area contributed by atoms with Gasteiger partial charge in [0.15, 0.2) is 0 Å². The van der Waals surface area contributed by atoms with Crippen LogP contribution in [-0.4, -0.2) is 0 Å². The van der Waals surface area contributed by atoms with Crippen LogP contribution in [0.15, 0.2) is 36.4 Å². The van der Waals surface area contributed by atoms with Gasteiger partial charge >= 0.3 is 0 Å². The number of hydrogen-bond donors (Lipinski definition) is 0. The van der Waals surface area contributed by atoms with Crippen molar-refractivity contribution in [1.29, 1.82) is 0 Å². The quantitative estimate of drug-likeness (QED) is 0.587. The first-order chi connectivity index (χ1) is 7.25. The highest BCUT2D eigenvalue weighted by Crippen LogP contribution is 2.34. The number of allylic oxidation sites excluding steroid dienone is 1. The molecule has 3 rings (SSSR count). The zero-order chi connectivity index (χ0) is 10.4. The molecule has 0 aliphatic heterocycles. The molecule has 0 aromatic heterocycles. The lowest BCUT2D eigenvalue weighted by Gasteiger charge is -2.18. The Morgan fingerprint density at radius 3 is 2.87 bits per heavy atom. The third kappa shape index (κ3) is 1.21. The summed E-state index contributed by atoms with van der Waals surface area (Å²) in [5, 5.41) is 2.82. The standard InChI is InChI=1S/C15H14/c1-10-8-12-4-3-5-14-11(2)6-7-13(9-10)15(12)14/h3-9,11H,1-2H3. The lowest BCUT2D eigenvalue weighted by atomic mass is 9.86. The molecule has 1 unspecified atom stereocenters. The van der Waals surface area contributed by atoms with E-state index in [0.717, 1.165) is 0 Å². The van der Waals surface area contributed by atoms with E-state index in [0.29, 0.717) is 5.92 Å². The van der Waals surface area contributed by atoms with Crippen LogP contribution in [-0.2, 0) is 0 Å². The Morgan fingerprint density at radius 2 is 2.00 bits per heavy atom. The first kappa shape index (κ1) is 8.72. The molecule has 2 aromatic carbocycles. The number of aryl methyl sites for hydroxylation is 1. The summed E-state index contributed by atoms with van der Waals surface area (Å²) in [4.78, 5) is 0. The lowest BCUT2D eigenvalue weighted by molar-refractivity contribution is 0.979. The van der Waals surface area contributed by atoms with Crippen molar-refractivity contribution in [3.8, 4) is 0 Å². The second-order valence-electron chi connectivity index (χ2n) is 4.45. The first-order valence-electron chi connectivity index (χ1n) is 5.47. The van der Waals surface area contributed by atoms with Gasteiger partial charge in [-0.25, -0.2) is 0 Å². The molecule has 0 bridgehead atoms. The summed E-state index contributed by atoms with van der Waals surface area (Å²) in [6, 6.07) is 11.2. The van der Waals surface area contributed by atoms with Gasteiger partial charge in [0.1, 0.15) is 0 Å². The van der Waals surface area contributed by atoms with Gasteiger partial charge in [0.05, 0.1) is 0 Å². The number of hydrogen-bond acceptors (Lipinski definition) is 0. The van der Waals surface area contributed by atoms with Crippen LogP contribution in [0.3, 0.4) is 0 Å². The molecule has 0 amide bonds. The van der Waals surface area contributed by atoms with E-state index in [1.54, 1.807) is 0 Å². The molecule has 0 fully saturated rings. The molecule has 0 heteroatoms. The zero-order valence-corrected chi connectivity index (χ0v) is 9.12. The maximum absolute atomic E-state index is 2.29. The Balaban J connectivity index is 2.50. The molecule has 0 saturated heterocycles. The van der Waals surface area contributed by atoms with Crippen LogP contribution in [0.5, 0.6) is 0 Å². The van der Waals surface area contributed by atoms with Crippen molar-refractivity contribution < 1.29 is 0 Å². The fourth-order valence-electron chi connectivity index (χ4n) is 2.51. The summed E-state index contributed by atoms with van der Waals surface area (Å²) >= 11 is 0. The van der Waals surface area contributed by atoms with Crippen LogP contribution < -0.4 is 0 Å². The fourth-order valence-corrected chi connectivity index (χ4v) is 2.51. The molecule has 0 spiro atoms. The molecule has 0 heterocycles. The van der Waals surface area contributed by atoms with E-state index < -0.39 is 0 Å². The topological polar surface area (TPSA) is 0 Å². The highest BCUT2D eigenvalue weighted by atomic mass is 14.2. The molecule has 1 atom stereocenters. The third-order valence-corrected chi connectivity index (χ3v) is 3.24. The highest BCUT2D eigenvalue weighted by Gasteiger charge is 2.13. The van der Waals surface area contributed by atoms with Crippen molar-refractivity contribution >= 4 is 16.8 Å². The Bertz CT molecular complexity index is 562. The fraction of sp³-hybridized carbons (Fsp3) is 0.200. The average Bonchev–Trinajstić information content (AvgIpc) is 2.23. The van der Waals surface area contributed by atoms with Crippen LogP contribution in [0.1, 0.15) is 29.5 Å². The largest absolute Gasteiger partial charge is 0.0766 e. The van der Waals surface area contributed by atoms with Crippen molar-refractivity contribution in [3.63, 3.8) is 0 Å². The normalized spacial score (nSPS) is 18.4. The summed E-state index contributed by atoms with van der Waals surface area (Å²) in [6.45, 7) is 4.42. The second-order valence-corrected chi connectivity index (χ2v) is 4.45. The van der Waals surface area contributed by atoms with Crippen LogP contribution in [0.4, 0.5) is 0 Å². The van der Waals surface area contributed by atoms with Gasteiger partial charge < -0.3 is 0 Å². The summed E-state index contributed by atoms with van der Waals surface area (Å²) in [6.07, 6.45) is 4.55. The summed E-state index contributed by atoms with van der Waals surface area (Å²) < 4.78 is 0. The molecule has 1 aliphatic carbocycles. The minimum Gasteiger partial charge on any atom is -0.0766 e.